The molecule has 1 aliphatic carbocycles. The highest BCUT2D eigenvalue weighted by Crippen LogP contribution is 2.45. The van der Waals surface area contributed by atoms with Gasteiger partial charge in [0.25, 0.3) is 0 Å². The van der Waals surface area contributed by atoms with Gasteiger partial charge in [-0.1, -0.05) is 35.3 Å². The summed E-state index contributed by atoms with van der Waals surface area (Å²) >= 11 is 12.7. The first kappa shape index (κ1) is 21.7. The number of hydrogen-bond acceptors (Lipinski definition) is 2. The summed E-state index contributed by atoms with van der Waals surface area (Å²) in [5.74, 6) is 0. The second-order valence-corrected chi connectivity index (χ2v) is 8.07. The first-order chi connectivity index (χ1) is 13.4. The van der Waals surface area contributed by atoms with Crippen molar-refractivity contribution >= 4 is 34.9 Å². The van der Waals surface area contributed by atoms with Crippen molar-refractivity contribution in [3.05, 3.63) is 62.6 Å². The lowest BCUT2D eigenvalue weighted by molar-refractivity contribution is -0.137. The lowest BCUT2D eigenvalue weighted by Crippen LogP contribution is -2.31. The molecule has 0 spiro atoms. The van der Waals surface area contributed by atoms with E-state index in [2.05, 4.69) is 10.6 Å². The van der Waals surface area contributed by atoms with Crippen molar-refractivity contribution in [3.8, 4) is 0 Å². The Labute approximate surface area is 176 Å². The molecule has 1 aliphatic rings. The van der Waals surface area contributed by atoms with E-state index in [0.717, 1.165) is 17.7 Å². The highest BCUT2D eigenvalue weighted by Gasteiger charge is 2.35. The van der Waals surface area contributed by atoms with E-state index in [0.29, 0.717) is 24.0 Å². The topological polar surface area (TPSA) is 61.4 Å². The van der Waals surface area contributed by atoms with Crippen LogP contribution in [0.1, 0.15) is 48.6 Å². The normalized spacial score (nSPS) is 19.6. The Hall–Kier alpha value is -1.96. The van der Waals surface area contributed by atoms with Crippen LogP contribution in [0, 0.1) is 0 Å². The summed E-state index contributed by atoms with van der Waals surface area (Å²) < 4.78 is 38.0. The van der Waals surface area contributed by atoms with Gasteiger partial charge in [-0.15, -0.1) is 0 Å². The summed E-state index contributed by atoms with van der Waals surface area (Å²) in [6, 6.07) is 4.98. The summed E-state index contributed by atoms with van der Waals surface area (Å²) in [7, 11) is 0. The second-order valence-electron chi connectivity index (χ2n) is 7.29. The van der Waals surface area contributed by atoms with Gasteiger partial charge < -0.3 is 15.7 Å². The van der Waals surface area contributed by atoms with Gasteiger partial charge in [0.05, 0.1) is 32.9 Å². The number of alkyl halides is 3. The Morgan fingerprint density at radius 2 is 1.86 bits per heavy atom. The van der Waals surface area contributed by atoms with Gasteiger partial charge in [0.2, 0.25) is 0 Å². The van der Waals surface area contributed by atoms with Crippen LogP contribution in [0.2, 0.25) is 10.0 Å². The third-order valence-corrected chi connectivity index (χ3v) is 5.80. The Kier molecular flexibility index (Phi) is 5.77. The molecule has 0 aromatic heterocycles. The molecule has 4 nitrogen and oxygen atoms in total. The fraction of sp³-hybridized carbons (Fsp3) is 0.350. The molecule has 2 aromatic carbocycles. The molecule has 0 aliphatic heterocycles. The summed E-state index contributed by atoms with van der Waals surface area (Å²) in [6.45, 7) is 3.32. The van der Waals surface area contributed by atoms with Crippen LogP contribution < -0.4 is 10.6 Å². The summed E-state index contributed by atoms with van der Waals surface area (Å²) in [5.41, 5.74) is 0.312. The lowest BCUT2D eigenvalue weighted by Gasteiger charge is -2.20. The standard InChI is InChI=1S/C20H19Cl2F3N2O2/c1-10(11-3-5-12(6-4-11)20(23,24)25)26-18(28)27-17-15(21)9-14-13(16(17)22)7-8-19(14,2)29/h3-6,9-10,29H,7-8H2,1-2H3,(H2,26,27,28)/t10-,19?/m1/s1. The average molecular weight is 447 g/mol. The van der Waals surface area contributed by atoms with E-state index in [9.17, 15) is 23.1 Å². The number of nitrogens with one attached hydrogen (secondary N) is 2. The molecule has 2 atom stereocenters. The SMILES string of the molecule is C[C@@H](NC(=O)Nc1c(Cl)cc2c(c1Cl)CCC2(C)O)c1ccc(C(F)(F)F)cc1. The maximum absolute atomic E-state index is 12.7. The van der Waals surface area contributed by atoms with Crippen LogP contribution in [0.3, 0.4) is 0 Å². The number of urea groups is 1. The number of benzene rings is 2. The number of halogens is 5. The largest absolute Gasteiger partial charge is 0.416 e. The Bertz CT molecular complexity index is 944. The van der Waals surface area contributed by atoms with Crippen molar-refractivity contribution in [3.63, 3.8) is 0 Å². The Morgan fingerprint density at radius 1 is 1.24 bits per heavy atom. The number of amides is 2. The number of aliphatic hydroxyl groups is 1. The van der Waals surface area contributed by atoms with E-state index in [4.69, 9.17) is 23.2 Å². The monoisotopic (exact) mass is 446 g/mol. The van der Waals surface area contributed by atoms with Crippen LogP contribution in [-0.2, 0) is 18.2 Å². The molecule has 0 saturated heterocycles. The molecule has 1 unspecified atom stereocenters. The number of hydrogen-bond donors (Lipinski definition) is 3. The van der Waals surface area contributed by atoms with Crippen LogP contribution in [-0.4, -0.2) is 11.1 Å². The van der Waals surface area contributed by atoms with Crippen molar-refractivity contribution < 1.29 is 23.1 Å². The zero-order valence-corrected chi connectivity index (χ0v) is 17.1. The van der Waals surface area contributed by atoms with Gasteiger partial charge in [0, 0.05) is 0 Å². The van der Waals surface area contributed by atoms with Crippen LogP contribution in [0.4, 0.5) is 23.7 Å². The molecule has 3 N–H and O–H groups in total. The predicted molar refractivity (Wildman–Crippen MR) is 106 cm³/mol. The van der Waals surface area contributed by atoms with E-state index >= 15 is 0 Å². The van der Waals surface area contributed by atoms with E-state index in [1.165, 1.54) is 12.1 Å². The predicted octanol–water partition coefficient (Wildman–Crippen LogP) is 6.05. The number of carbonyl (C=O) groups is 1. The van der Waals surface area contributed by atoms with Crippen molar-refractivity contribution in [2.75, 3.05) is 5.32 Å². The first-order valence-electron chi connectivity index (χ1n) is 8.88. The van der Waals surface area contributed by atoms with E-state index in [1.54, 1.807) is 19.9 Å². The van der Waals surface area contributed by atoms with Crippen molar-refractivity contribution in [1.29, 1.82) is 0 Å². The minimum absolute atomic E-state index is 0.188. The first-order valence-corrected chi connectivity index (χ1v) is 9.64. The van der Waals surface area contributed by atoms with E-state index in [-0.39, 0.29) is 15.7 Å². The lowest BCUT2D eigenvalue weighted by atomic mass is 9.98. The molecule has 0 heterocycles. The minimum Gasteiger partial charge on any atom is -0.385 e. The smallest absolute Gasteiger partial charge is 0.385 e. The minimum atomic E-state index is -4.42. The quantitative estimate of drug-likeness (QED) is 0.537. The molecule has 0 bridgehead atoms. The number of rotatable bonds is 3. The molecule has 29 heavy (non-hydrogen) atoms. The molecule has 0 saturated carbocycles. The van der Waals surface area contributed by atoms with Gasteiger partial charge in [0.15, 0.2) is 0 Å². The summed E-state index contributed by atoms with van der Waals surface area (Å²) in [4.78, 5) is 12.4. The number of anilines is 1. The van der Waals surface area contributed by atoms with Gasteiger partial charge in [-0.3, -0.25) is 0 Å². The molecule has 0 radical (unpaired) electrons. The molecule has 2 amide bonds. The average Bonchev–Trinajstić information content (AvgIpc) is 2.93. The third-order valence-electron chi connectivity index (χ3n) is 5.09. The fourth-order valence-corrected chi connectivity index (χ4v) is 4.04. The Morgan fingerprint density at radius 3 is 2.45 bits per heavy atom. The number of fused-ring (bicyclic) bond motifs is 1. The highest BCUT2D eigenvalue weighted by molar-refractivity contribution is 6.40. The maximum atomic E-state index is 12.7. The maximum Gasteiger partial charge on any atom is 0.416 e. The zero-order valence-electron chi connectivity index (χ0n) is 15.6. The highest BCUT2D eigenvalue weighted by atomic mass is 35.5. The molecular formula is C20H19Cl2F3N2O2. The van der Waals surface area contributed by atoms with Gasteiger partial charge in [-0.05, 0) is 61.6 Å². The fourth-order valence-electron chi connectivity index (χ4n) is 3.39. The second kappa shape index (κ2) is 7.70. The van der Waals surface area contributed by atoms with E-state index in [1.807, 2.05) is 0 Å². The molecular weight excluding hydrogens is 428 g/mol. The molecule has 156 valence electrons. The van der Waals surface area contributed by atoms with Gasteiger partial charge in [0.1, 0.15) is 0 Å². The summed E-state index contributed by atoms with van der Waals surface area (Å²) in [5, 5.41) is 16.1. The summed E-state index contributed by atoms with van der Waals surface area (Å²) in [6.07, 6.45) is -3.37. The van der Waals surface area contributed by atoms with Gasteiger partial charge >= 0.3 is 12.2 Å². The molecule has 3 rings (SSSR count). The molecule has 2 aromatic rings. The van der Waals surface area contributed by atoms with Crippen molar-refractivity contribution in [2.24, 2.45) is 0 Å². The van der Waals surface area contributed by atoms with Crippen LogP contribution >= 0.6 is 23.2 Å². The van der Waals surface area contributed by atoms with Crippen LogP contribution in [0.15, 0.2) is 30.3 Å². The van der Waals surface area contributed by atoms with Crippen molar-refractivity contribution in [1.82, 2.24) is 5.32 Å². The van der Waals surface area contributed by atoms with Gasteiger partial charge in [-0.25, -0.2) is 4.79 Å². The van der Waals surface area contributed by atoms with Crippen LogP contribution in [0.5, 0.6) is 0 Å². The van der Waals surface area contributed by atoms with Crippen LogP contribution in [0.25, 0.3) is 0 Å². The molecule has 9 heteroatoms. The number of carbonyl (C=O) groups excluding carboxylic acids is 1. The van der Waals surface area contributed by atoms with E-state index < -0.39 is 29.4 Å². The Balaban J connectivity index is 1.73. The molecule has 0 fully saturated rings. The van der Waals surface area contributed by atoms with Gasteiger partial charge in [-0.2, -0.15) is 13.2 Å². The zero-order chi connectivity index (χ0) is 21.6. The third kappa shape index (κ3) is 4.47. The van der Waals surface area contributed by atoms with Crippen molar-refractivity contribution in [2.45, 2.75) is 44.5 Å².